The van der Waals surface area contributed by atoms with Gasteiger partial charge in [0.2, 0.25) is 0 Å². The minimum Gasteiger partial charge on any atom is -0.456 e. The van der Waals surface area contributed by atoms with Crippen molar-refractivity contribution in [3.05, 3.63) is 224 Å². The van der Waals surface area contributed by atoms with Crippen LogP contribution in [0.1, 0.15) is 0 Å². The molecule has 326 valence electrons. The molecule has 0 aliphatic carbocycles. The van der Waals surface area contributed by atoms with Crippen LogP contribution in [0.2, 0.25) is 0 Å². The highest BCUT2D eigenvalue weighted by Crippen LogP contribution is 2.42. The lowest BCUT2D eigenvalue weighted by molar-refractivity contribution is 0.668. The van der Waals surface area contributed by atoms with Crippen molar-refractivity contribution in [3.63, 3.8) is 0 Å². The van der Waals surface area contributed by atoms with Gasteiger partial charge in [0.05, 0.1) is 22.1 Å². The zero-order chi connectivity index (χ0) is 45.9. The Balaban J connectivity index is 0.903. The largest absolute Gasteiger partial charge is 0.456 e. The molecule has 15 aromatic rings. The van der Waals surface area contributed by atoms with Crippen LogP contribution in [-0.4, -0.2) is 24.1 Å². The topological polar surface area (TPSA) is 74.8 Å². The summed E-state index contributed by atoms with van der Waals surface area (Å²) in [6.45, 7) is 0. The van der Waals surface area contributed by atoms with Crippen LogP contribution >= 0.6 is 0 Å². The molecule has 0 amide bonds. The fourth-order valence-electron chi connectivity index (χ4n) is 10.8. The molecule has 5 aromatic heterocycles. The van der Waals surface area contributed by atoms with Crippen LogP contribution in [0.4, 0.5) is 0 Å². The first kappa shape index (κ1) is 38.5. The molecule has 0 atom stereocenters. The lowest BCUT2D eigenvalue weighted by atomic mass is 10.0. The van der Waals surface area contributed by atoms with E-state index in [-0.39, 0.29) is 0 Å². The van der Waals surface area contributed by atoms with E-state index in [1.54, 1.807) is 0 Å². The molecule has 0 aliphatic heterocycles. The highest BCUT2D eigenvalue weighted by Gasteiger charge is 2.21. The molecule has 10 aromatic carbocycles. The van der Waals surface area contributed by atoms with E-state index < -0.39 is 0 Å². The van der Waals surface area contributed by atoms with Gasteiger partial charge in [0.25, 0.3) is 0 Å². The van der Waals surface area contributed by atoms with Gasteiger partial charge in [0, 0.05) is 71.2 Å². The molecule has 0 unspecified atom stereocenters. The summed E-state index contributed by atoms with van der Waals surface area (Å²) >= 11 is 0. The molecule has 5 heterocycles. The molecule has 0 aliphatic rings. The molecule has 0 bridgehead atoms. The van der Waals surface area contributed by atoms with Crippen molar-refractivity contribution >= 4 is 87.5 Å². The molecule has 70 heavy (non-hydrogen) atoms. The number of para-hydroxylation sites is 4. The van der Waals surface area contributed by atoms with Crippen LogP contribution in [0, 0.1) is 0 Å². The standard InChI is InChI=1S/C63H37N5O2/c1-3-14-38(15-4-1)61-64-62(41-27-31-48-47-20-9-12-24-56(47)70-59(48)36-41)66-63(65-61)49-21-13-25-58-60(49)51-37-43(29-33-57(51)69-58)68-52-22-10-7-18-44(52)46-30-26-40(35-55(46)68)39-28-32-54-50(34-39)45-19-8-11-23-53(45)67(54)42-16-5-2-6-17-42/h1-37H. The van der Waals surface area contributed by atoms with Gasteiger partial charge >= 0.3 is 0 Å². The van der Waals surface area contributed by atoms with Gasteiger partial charge in [-0.05, 0) is 96.1 Å². The minimum atomic E-state index is 0.553. The predicted octanol–water partition coefficient (Wildman–Crippen LogP) is 16.5. The summed E-state index contributed by atoms with van der Waals surface area (Å²) < 4.78 is 17.7. The zero-order valence-electron chi connectivity index (χ0n) is 37.4. The number of hydrogen-bond donors (Lipinski definition) is 0. The Morgan fingerprint density at radius 2 is 0.829 bits per heavy atom. The van der Waals surface area contributed by atoms with Gasteiger partial charge in [-0.1, -0.05) is 140 Å². The van der Waals surface area contributed by atoms with E-state index in [0.717, 1.165) is 94.1 Å². The summed E-state index contributed by atoms with van der Waals surface area (Å²) in [5, 5.41) is 8.86. The first-order valence-corrected chi connectivity index (χ1v) is 23.5. The monoisotopic (exact) mass is 895 g/mol. The number of aromatic nitrogens is 5. The van der Waals surface area contributed by atoms with Crippen molar-refractivity contribution in [1.82, 2.24) is 24.1 Å². The summed E-state index contributed by atoms with van der Waals surface area (Å²) in [6.07, 6.45) is 0. The Morgan fingerprint density at radius 1 is 0.271 bits per heavy atom. The van der Waals surface area contributed by atoms with E-state index in [9.17, 15) is 0 Å². The number of fused-ring (bicyclic) bond motifs is 12. The van der Waals surface area contributed by atoms with Gasteiger partial charge in [-0.25, -0.2) is 15.0 Å². The van der Waals surface area contributed by atoms with Crippen molar-refractivity contribution < 1.29 is 8.83 Å². The van der Waals surface area contributed by atoms with E-state index in [4.69, 9.17) is 23.8 Å². The van der Waals surface area contributed by atoms with E-state index in [1.165, 1.54) is 32.6 Å². The number of benzene rings is 10. The summed E-state index contributed by atoms with van der Waals surface area (Å²) in [7, 11) is 0. The van der Waals surface area contributed by atoms with Gasteiger partial charge in [0.15, 0.2) is 17.5 Å². The summed E-state index contributed by atoms with van der Waals surface area (Å²) in [5.41, 5.74) is 14.8. The Morgan fingerprint density at radius 3 is 1.66 bits per heavy atom. The molecule has 7 nitrogen and oxygen atoms in total. The van der Waals surface area contributed by atoms with Gasteiger partial charge in [-0.2, -0.15) is 0 Å². The van der Waals surface area contributed by atoms with Crippen LogP contribution in [0.15, 0.2) is 233 Å². The molecule has 7 heteroatoms. The molecule has 0 N–H and O–H groups in total. The summed E-state index contributed by atoms with van der Waals surface area (Å²) in [4.78, 5) is 15.5. The molecule has 0 saturated heterocycles. The van der Waals surface area contributed by atoms with Crippen molar-refractivity contribution in [2.45, 2.75) is 0 Å². The first-order chi connectivity index (χ1) is 34.7. The average molecular weight is 896 g/mol. The quantitative estimate of drug-likeness (QED) is 0.166. The van der Waals surface area contributed by atoms with Crippen molar-refractivity contribution in [1.29, 1.82) is 0 Å². The molecular formula is C63H37N5O2. The molecule has 0 radical (unpaired) electrons. The Bertz CT molecular complexity index is 4600. The molecule has 0 saturated carbocycles. The number of rotatable bonds is 6. The Labute approximate surface area is 399 Å². The van der Waals surface area contributed by atoms with Crippen LogP contribution in [0.5, 0.6) is 0 Å². The van der Waals surface area contributed by atoms with Gasteiger partial charge in [-0.15, -0.1) is 0 Å². The number of furan rings is 2. The Hall–Kier alpha value is -9.59. The lowest BCUT2D eigenvalue weighted by Crippen LogP contribution is -2.00. The van der Waals surface area contributed by atoms with Gasteiger partial charge < -0.3 is 18.0 Å². The molecule has 0 fully saturated rings. The van der Waals surface area contributed by atoms with Crippen LogP contribution < -0.4 is 0 Å². The third-order valence-corrected chi connectivity index (χ3v) is 14.0. The highest BCUT2D eigenvalue weighted by atomic mass is 16.3. The number of nitrogens with zero attached hydrogens (tertiary/aromatic N) is 5. The van der Waals surface area contributed by atoms with Crippen LogP contribution in [0.3, 0.4) is 0 Å². The SMILES string of the molecule is c1ccc(-c2nc(-c3ccc4c(c3)oc3ccccc34)nc(-c3cccc4oc5ccc(-n6c7ccccc7c7ccc(-c8ccc9c(c8)c8ccccc8n9-c8ccccc8)cc76)cc5c34)n2)cc1. The Kier molecular flexibility index (Phi) is 8.23. The second-order valence-electron chi connectivity index (χ2n) is 17.9. The third-order valence-electron chi connectivity index (χ3n) is 14.0. The number of hydrogen-bond acceptors (Lipinski definition) is 5. The smallest absolute Gasteiger partial charge is 0.164 e. The predicted molar refractivity (Wildman–Crippen MR) is 285 cm³/mol. The van der Waals surface area contributed by atoms with Crippen molar-refractivity contribution in [2.24, 2.45) is 0 Å². The van der Waals surface area contributed by atoms with Crippen LogP contribution in [-0.2, 0) is 0 Å². The van der Waals surface area contributed by atoms with E-state index in [0.29, 0.717) is 17.5 Å². The lowest BCUT2D eigenvalue weighted by Gasteiger charge is -2.11. The fraction of sp³-hybridized carbons (Fsp3) is 0. The highest BCUT2D eigenvalue weighted by molar-refractivity contribution is 6.15. The molecule has 15 rings (SSSR count). The van der Waals surface area contributed by atoms with Crippen molar-refractivity contribution in [2.75, 3.05) is 0 Å². The maximum atomic E-state index is 6.65. The first-order valence-electron chi connectivity index (χ1n) is 23.5. The summed E-state index contributed by atoms with van der Waals surface area (Å²) in [6, 6.07) is 78.7. The fourth-order valence-corrected chi connectivity index (χ4v) is 10.8. The molecule has 0 spiro atoms. The van der Waals surface area contributed by atoms with E-state index in [2.05, 4.69) is 167 Å². The molecular weight excluding hydrogens is 859 g/mol. The zero-order valence-corrected chi connectivity index (χ0v) is 37.4. The average Bonchev–Trinajstić information content (AvgIpc) is 4.18. The summed E-state index contributed by atoms with van der Waals surface area (Å²) in [5.74, 6) is 1.69. The van der Waals surface area contributed by atoms with Crippen molar-refractivity contribution in [3.8, 4) is 56.7 Å². The van der Waals surface area contributed by atoms with Gasteiger partial charge in [0.1, 0.15) is 22.3 Å². The maximum absolute atomic E-state index is 6.65. The van der Waals surface area contributed by atoms with E-state index >= 15 is 0 Å². The maximum Gasteiger partial charge on any atom is 0.164 e. The minimum absolute atomic E-state index is 0.553. The van der Waals surface area contributed by atoms with E-state index in [1.807, 2.05) is 66.7 Å². The van der Waals surface area contributed by atoms with Crippen LogP contribution in [0.25, 0.3) is 144 Å². The normalized spacial score (nSPS) is 12.0. The third kappa shape index (κ3) is 5.85. The van der Waals surface area contributed by atoms with Gasteiger partial charge in [-0.3, -0.25) is 0 Å². The second-order valence-corrected chi connectivity index (χ2v) is 17.9. The second kappa shape index (κ2) is 15.0.